The first-order chi connectivity index (χ1) is 7.81. The summed E-state index contributed by atoms with van der Waals surface area (Å²) in [7, 11) is 1.67. The van der Waals surface area contributed by atoms with Crippen LogP contribution in [0, 0.1) is 11.3 Å². The van der Waals surface area contributed by atoms with Gasteiger partial charge >= 0.3 is 6.09 Å². The Morgan fingerprint density at radius 3 is 2.24 bits per heavy atom. The lowest BCUT2D eigenvalue weighted by Crippen LogP contribution is -2.51. The maximum atomic E-state index is 12.0. The molecule has 0 heterocycles. The minimum atomic E-state index is -0.666. The molecular weight excluding hydrogens is 216 g/mol. The summed E-state index contributed by atoms with van der Waals surface area (Å²) in [5, 5.41) is 9.36. The van der Waals surface area contributed by atoms with E-state index < -0.39 is 17.2 Å². The molecule has 4 nitrogen and oxygen atoms in total. The number of hydrogen-bond donors (Lipinski definition) is 0. The van der Waals surface area contributed by atoms with E-state index in [-0.39, 0.29) is 0 Å². The van der Waals surface area contributed by atoms with Crippen molar-refractivity contribution >= 4 is 6.09 Å². The van der Waals surface area contributed by atoms with Gasteiger partial charge in [0.05, 0.1) is 6.07 Å². The van der Waals surface area contributed by atoms with Crippen LogP contribution < -0.4 is 0 Å². The molecule has 0 atom stereocenters. The predicted molar refractivity (Wildman–Crippen MR) is 65.4 cm³/mol. The molecule has 0 N–H and O–H groups in total. The molecule has 96 valence electrons. The van der Waals surface area contributed by atoms with E-state index in [9.17, 15) is 10.1 Å². The largest absolute Gasteiger partial charge is 0.444 e. The first-order valence-corrected chi connectivity index (χ1v) is 6.19. The Hall–Kier alpha value is -1.24. The van der Waals surface area contributed by atoms with Crippen LogP contribution in [0.3, 0.4) is 0 Å². The van der Waals surface area contributed by atoms with Gasteiger partial charge < -0.3 is 4.74 Å². The molecule has 17 heavy (non-hydrogen) atoms. The molecule has 0 spiro atoms. The Labute approximate surface area is 104 Å². The normalized spacial score (nSPS) is 19.2. The van der Waals surface area contributed by atoms with Gasteiger partial charge in [-0.1, -0.05) is 19.3 Å². The quantitative estimate of drug-likeness (QED) is 0.705. The molecule has 0 aromatic carbocycles. The van der Waals surface area contributed by atoms with Gasteiger partial charge in [0.2, 0.25) is 0 Å². The molecule has 1 amide bonds. The number of nitriles is 1. The fraction of sp³-hybridized carbons (Fsp3) is 0.846. The Balaban J connectivity index is 2.76. The van der Waals surface area contributed by atoms with Crippen molar-refractivity contribution in [3.8, 4) is 6.07 Å². The van der Waals surface area contributed by atoms with Crippen molar-refractivity contribution in [2.75, 3.05) is 7.05 Å². The summed E-state index contributed by atoms with van der Waals surface area (Å²) in [5.41, 5.74) is -1.18. The molecule has 1 aliphatic carbocycles. The highest BCUT2D eigenvalue weighted by atomic mass is 16.6. The van der Waals surface area contributed by atoms with Gasteiger partial charge in [0.25, 0.3) is 0 Å². The van der Waals surface area contributed by atoms with E-state index in [1.54, 1.807) is 7.05 Å². The zero-order valence-corrected chi connectivity index (χ0v) is 11.2. The van der Waals surface area contributed by atoms with Crippen molar-refractivity contribution in [3.63, 3.8) is 0 Å². The van der Waals surface area contributed by atoms with Gasteiger partial charge in [-0.3, -0.25) is 4.90 Å². The van der Waals surface area contributed by atoms with E-state index in [0.29, 0.717) is 0 Å². The lowest BCUT2D eigenvalue weighted by atomic mass is 9.82. The number of amides is 1. The maximum Gasteiger partial charge on any atom is 0.411 e. The highest BCUT2D eigenvalue weighted by Gasteiger charge is 2.40. The van der Waals surface area contributed by atoms with E-state index in [4.69, 9.17) is 4.74 Å². The summed E-state index contributed by atoms with van der Waals surface area (Å²) >= 11 is 0. The third-order valence-electron chi connectivity index (χ3n) is 3.20. The second-order valence-electron chi connectivity index (χ2n) is 5.74. The monoisotopic (exact) mass is 238 g/mol. The number of carbonyl (C=O) groups is 1. The zero-order chi connectivity index (χ0) is 13.1. The van der Waals surface area contributed by atoms with Crippen LogP contribution in [0.25, 0.3) is 0 Å². The van der Waals surface area contributed by atoms with Gasteiger partial charge in [0.15, 0.2) is 0 Å². The number of ether oxygens (including phenoxy) is 1. The van der Waals surface area contributed by atoms with Crippen LogP contribution >= 0.6 is 0 Å². The second-order valence-corrected chi connectivity index (χ2v) is 5.74. The maximum absolute atomic E-state index is 12.0. The Morgan fingerprint density at radius 1 is 1.29 bits per heavy atom. The van der Waals surface area contributed by atoms with E-state index in [0.717, 1.165) is 32.1 Å². The van der Waals surface area contributed by atoms with Crippen LogP contribution in [0.15, 0.2) is 0 Å². The summed E-state index contributed by atoms with van der Waals surface area (Å²) in [6.45, 7) is 5.50. The molecule has 0 aliphatic heterocycles. The molecule has 4 heteroatoms. The highest BCUT2D eigenvalue weighted by Crippen LogP contribution is 2.33. The molecule has 1 fully saturated rings. The Morgan fingerprint density at radius 2 is 1.82 bits per heavy atom. The first kappa shape index (κ1) is 13.8. The van der Waals surface area contributed by atoms with Gasteiger partial charge in [0, 0.05) is 7.05 Å². The van der Waals surface area contributed by atoms with Crippen LogP contribution in [0.1, 0.15) is 52.9 Å². The van der Waals surface area contributed by atoms with Gasteiger partial charge in [-0.05, 0) is 33.6 Å². The smallest absolute Gasteiger partial charge is 0.411 e. The lowest BCUT2D eigenvalue weighted by Gasteiger charge is -2.39. The topological polar surface area (TPSA) is 53.3 Å². The van der Waals surface area contributed by atoms with Crippen molar-refractivity contribution in [2.45, 2.75) is 64.0 Å². The standard InChI is InChI=1S/C13H22N2O2/c1-12(2,3)17-11(16)15(4)13(10-14)8-6-5-7-9-13/h5-9H2,1-4H3. The molecule has 0 bridgehead atoms. The lowest BCUT2D eigenvalue weighted by molar-refractivity contribution is 0.00838. The van der Waals surface area contributed by atoms with Crippen molar-refractivity contribution in [3.05, 3.63) is 0 Å². The molecule has 1 rings (SSSR count). The number of rotatable bonds is 1. The fourth-order valence-electron chi connectivity index (χ4n) is 2.16. The molecule has 1 aliphatic rings. The van der Waals surface area contributed by atoms with E-state index in [1.165, 1.54) is 4.90 Å². The molecule has 0 aromatic rings. The predicted octanol–water partition coefficient (Wildman–Crippen LogP) is 3.08. The number of hydrogen-bond acceptors (Lipinski definition) is 3. The molecule has 0 radical (unpaired) electrons. The number of carbonyl (C=O) groups excluding carboxylic acids is 1. The summed E-state index contributed by atoms with van der Waals surface area (Å²) in [6.07, 6.45) is 4.24. The minimum Gasteiger partial charge on any atom is -0.444 e. The number of nitrogens with zero attached hydrogens (tertiary/aromatic N) is 2. The van der Waals surface area contributed by atoms with Crippen LogP contribution in [0.4, 0.5) is 4.79 Å². The first-order valence-electron chi connectivity index (χ1n) is 6.19. The SMILES string of the molecule is CN(C(=O)OC(C)(C)C)C1(C#N)CCCCC1. The Bertz CT molecular complexity index is 319. The van der Waals surface area contributed by atoms with Gasteiger partial charge in [0.1, 0.15) is 11.1 Å². The van der Waals surface area contributed by atoms with Crippen molar-refractivity contribution in [1.82, 2.24) is 4.90 Å². The van der Waals surface area contributed by atoms with Crippen molar-refractivity contribution in [2.24, 2.45) is 0 Å². The van der Waals surface area contributed by atoms with Gasteiger partial charge in [-0.2, -0.15) is 5.26 Å². The van der Waals surface area contributed by atoms with Crippen molar-refractivity contribution < 1.29 is 9.53 Å². The minimum absolute atomic E-state index is 0.402. The summed E-state index contributed by atoms with van der Waals surface area (Å²) in [5.74, 6) is 0. The average molecular weight is 238 g/mol. The Kier molecular flexibility index (Phi) is 4.03. The zero-order valence-electron chi connectivity index (χ0n) is 11.2. The van der Waals surface area contributed by atoms with Crippen LogP contribution in [-0.4, -0.2) is 29.2 Å². The fourth-order valence-corrected chi connectivity index (χ4v) is 2.16. The summed E-state index contributed by atoms with van der Waals surface area (Å²) < 4.78 is 5.32. The van der Waals surface area contributed by atoms with E-state index in [2.05, 4.69) is 6.07 Å². The van der Waals surface area contributed by atoms with Crippen LogP contribution in [-0.2, 0) is 4.74 Å². The third kappa shape index (κ3) is 3.36. The van der Waals surface area contributed by atoms with Gasteiger partial charge in [-0.15, -0.1) is 0 Å². The molecule has 0 aromatic heterocycles. The third-order valence-corrected chi connectivity index (χ3v) is 3.20. The summed E-state index contributed by atoms with van der Waals surface area (Å²) in [6, 6.07) is 2.31. The van der Waals surface area contributed by atoms with Gasteiger partial charge in [-0.25, -0.2) is 4.79 Å². The van der Waals surface area contributed by atoms with E-state index in [1.807, 2.05) is 20.8 Å². The highest BCUT2D eigenvalue weighted by molar-refractivity contribution is 5.69. The van der Waals surface area contributed by atoms with Crippen LogP contribution in [0.5, 0.6) is 0 Å². The van der Waals surface area contributed by atoms with E-state index >= 15 is 0 Å². The van der Waals surface area contributed by atoms with Crippen LogP contribution in [0.2, 0.25) is 0 Å². The molecule has 0 unspecified atom stereocenters. The molecular formula is C13H22N2O2. The molecule has 0 saturated heterocycles. The summed E-state index contributed by atoms with van der Waals surface area (Å²) in [4.78, 5) is 13.5. The van der Waals surface area contributed by atoms with Crippen molar-refractivity contribution in [1.29, 1.82) is 5.26 Å². The molecule has 1 saturated carbocycles. The average Bonchev–Trinajstić information content (AvgIpc) is 2.26. The second kappa shape index (κ2) is 4.95.